The highest BCUT2D eigenvalue weighted by Gasteiger charge is 2.55. The summed E-state index contributed by atoms with van der Waals surface area (Å²) in [5.41, 5.74) is 2.13. The number of fused-ring (bicyclic) bond motifs is 4. The molecule has 0 N–H and O–H groups in total. The van der Waals surface area contributed by atoms with Crippen LogP contribution in [-0.4, -0.2) is 35.8 Å². The molecule has 2 aromatic carbocycles. The number of ether oxygens (including phenoxy) is 3. The number of nitrogens with zero attached hydrogens (tertiary/aromatic N) is 2. The number of hydrogen-bond acceptors (Lipinski definition) is 5. The molecule has 5 nitrogen and oxygen atoms in total. The van der Waals surface area contributed by atoms with Gasteiger partial charge in [-0.1, -0.05) is 41.4 Å². The van der Waals surface area contributed by atoms with Crippen LogP contribution in [0.4, 0.5) is 0 Å². The number of halogens is 2. The van der Waals surface area contributed by atoms with Crippen molar-refractivity contribution >= 4 is 28.9 Å². The van der Waals surface area contributed by atoms with Crippen molar-refractivity contribution in [2.24, 2.45) is 5.10 Å². The fourth-order valence-corrected chi connectivity index (χ4v) is 5.15. The molecule has 30 heavy (non-hydrogen) atoms. The van der Waals surface area contributed by atoms with E-state index in [9.17, 15) is 0 Å². The van der Waals surface area contributed by atoms with Crippen LogP contribution in [0.25, 0.3) is 0 Å². The monoisotopic (exact) mass is 446 g/mol. The minimum absolute atomic E-state index is 0.0576. The Kier molecular flexibility index (Phi) is 4.69. The molecule has 5 rings (SSSR count). The van der Waals surface area contributed by atoms with Gasteiger partial charge in [-0.2, -0.15) is 5.10 Å². The van der Waals surface area contributed by atoms with Gasteiger partial charge in [-0.25, -0.2) is 5.01 Å². The highest BCUT2D eigenvalue weighted by molar-refractivity contribution is 6.42. The van der Waals surface area contributed by atoms with E-state index >= 15 is 0 Å². The first-order valence-electron chi connectivity index (χ1n) is 10.1. The normalized spacial score (nSPS) is 26.6. The fraction of sp³-hybridized carbons (Fsp3) is 0.435. The first-order valence-corrected chi connectivity index (χ1v) is 10.9. The molecule has 1 spiro atoms. The van der Waals surface area contributed by atoms with Gasteiger partial charge >= 0.3 is 0 Å². The van der Waals surface area contributed by atoms with Gasteiger partial charge in [-0.15, -0.1) is 0 Å². The van der Waals surface area contributed by atoms with Gasteiger partial charge in [0, 0.05) is 24.8 Å². The van der Waals surface area contributed by atoms with Crippen molar-refractivity contribution in [2.45, 2.75) is 50.5 Å². The number of benzene rings is 2. The molecule has 3 aliphatic heterocycles. The topological polar surface area (TPSA) is 43.3 Å². The Morgan fingerprint density at radius 3 is 2.73 bits per heavy atom. The molecular weight excluding hydrogens is 423 g/mol. The zero-order valence-corrected chi connectivity index (χ0v) is 18.8. The van der Waals surface area contributed by atoms with Crippen molar-refractivity contribution in [3.8, 4) is 11.5 Å². The lowest BCUT2D eigenvalue weighted by molar-refractivity contribution is -0.212. The van der Waals surface area contributed by atoms with Gasteiger partial charge in [0.15, 0.2) is 11.5 Å². The minimum Gasteiger partial charge on any atom is -0.493 e. The van der Waals surface area contributed by atoms with Crippen molar-refractivity contribution < 1.29 is 14.2 Å². The van der Waals surface area contributed by atoms with Crippen LogP contribution in [0.5, 0.6) is 11.5 Å². The van der Waals surface area contributed by atoms with E-state index in [1.807, 2.05) is 30.3 Å². The molecule has 1 saturated heterocycles. The molecule has 0 unspecified atom stereocenters. The number of hydrazone groups is 1. The predicted octanol–water partition coefficient (Wildman–Crippen LogP) is 5.83. The second-order valence-electron chi connectivity index (χ2n) is 8.70. The molecule has 0 aliphatic carbocycles. The van der Waals surface area contributed by atoms with Crippen molar-refractivity contribution in [2.75, 3.05) is 13.7 Å². The average Bonchev–Trinajstić information content (AvgIpc) is 3.16. The number of methoxy groups -OCH3 is 1. The van der Waals surface area contributed by atoms with Gasteiger partial charge in [0.2, 0.25) is 5.72 Å². The Morgan fingerprint density at radius 1 is 1.17 bits per heavy atom. The van der Waals surface area contributed by atoms with Crippen LogP contribution >= 0.6 is 23.2 Å². The summed E-state index contributed by atoms with van der Waals surface area (Å²) in [5.74, 6) is 1.56. The Bertz CT molecular complexity index is 1040. The zero-order valence-electron chi connectivity index (χ0n) is 17.2. The standard InChI is InChI=1S/C23H24Cl2N2O3/c1-22(2)13-23(9-10-29-22)27-19(15-5-4-6-20(28-3)21(15)30-23)12-18(26-27)14-7-8-16(24)17(25)11-14/h4-8,11,19H,9-10,12-13H2,1-3H3/t19-,23-/m1/s1. The van der Waals surface area contributed by atoms with Gasteiger partial charge in [-0.3, -0.25) is 0 Å². The second kappa shape index (κ2) is 7.04. The van der Waals surface area contributed by atoms with Gasteiger partial charge in [-0.05, 0) is 37.6 Å². The molecule has 0 amide bonds. The summed E-state index contributed by atoms with van der Waals surface area (Å²) in [6.45, 7) is 4.81. The largest absolute Gasteiger partial charge is 0.493 e. The molecule has 2 aromatic rings. The minimum atomic E-state index is -0.591. The van der Waals surface area contributed by atoms with E-state index in [4.69, 9.17) is 42.5 Å². The number of rotatable bonds is 2. The molecule has 3 heterocycles. The third-order valence-corrected chi connectivity index (χ3v) is 6.89. The van der Waals surface area contributed by atoms with Gasteiger partial charge in [0.1, 0.15) is 0 Å². The van der Waals surface area contributed by atoms with Crippen LogP contribution in [0.2, 0.25) is 10.0 Å². The highest BCUT2D eigenvalue weighted by Crippen LogP contribution is 2.54. The number of para-hydroxylation sites is 1. The highest BCUT2D eigenvalue weighted by atomic mass is 35.5. The van der Waals surface area contributed by atoms with Gasteiger partial charge in [0.25, 0.3) is 0 Å². The molecule has 1 fully saturated rings. The zero-order chi connectivity index (χ0) is 21.1. The first kappa shape index (κ1) is 20.0. The summed E-state index contributed by atoms with van der Waals surface area (Å²) in [6.07, 6.45) is 2.18. The Morgan fingerprint density at radius 2 is 2.00 bits per heavy atom. The van der Waals surface area contributed by atoms with Crippen molar-refractivity contribution in [1.82, 2.24) is 5.01 Å². The molecule has 2 atom stereocenters. The molecular formula is C23H24Cl2N2O3. The van der Waals surface area contributed by atoms with Crippen molar-refractivity contribution in [3.63, 3.8) is 0 Å². The molecule has 158 valence electrons. The summed E-state index contributed by atoms with van der Waals surface area (Å²) < 4.78 is 18.4. The maximum absolute atomic E-state index is 6.73. The molecule has 0 aromatic heterocycles. The summed E-state index contributed by atoms with van der Waals surface area (Å²) in [6, 6.07) is 11.8. The van der Waals surface area contributed by atoms with Crippen LogP contribution in [-0.2, 0) is 4.74 Å². The summed E-state index contributed by atoms with van der Waals surface area (Å²) in [4.78, 5) is 0. The number of hydrogen-bond donors (Lipinski definition) is 0. The van der Waals surface area contributed by atoms with Crippen LogP contribution in [0.3, 0.4) is 0 Å². The van der Waals surface area contributed by atoms with Crippen molar-refractivity contribution in [3.05, 3.63) is 57.6 Å². The Hall–Kier alpha value is -1.95. The van der Waals surface area contributed by atoms with E-state index in [1.54, 1.807) is 7.11 Å². The van der Waals surface area contributed by atoms with Gasteiger partial charge < -0.3 is 14.2 Å². The SMILES string of the molecule is COc1cccc2c1O[C@@]1(CCOC(C)(C)C1)N1N=C(c3ccc(Cl)c(Cl)c3)C[C@H]21. The second-order valence-corrected chi connectivity index (χ2v) is 9.52. The van der Waals surface area contributed by atoms with E-state index in [0.29, 0.717) is 23.1 Å². The van der Waals surface area contributed by atoms with Gasteiger partial charge in [0.05, 0.1) is 41.1 Å². The first-order chi connectivity index (χ1) is 14.3. The maximum Gasteiger partial charge on any atom is 0.203 e. The summed E-state index contributed by atoms with van der Waals surface area (Å²) in [7, 11) is 1.68. The lowest BCUT2D eigenvalue weighted by Crippen LogP contribution is -2.60. The molecule has 0 radical (unpaired) electrons. The van der Waals surface area contributed by atoms with E-state index < -0.39 is 5.72 Å². The fourth-order valence-electron chi connectivity index (χ4n) is 4.85. The Balaban J connectivity index is 1.63. The van der Waals surface area contributed by atoms with Crippen LogP contribution in [0.1, 0.15) is 50.3 Å². The van der Waals surface area contributed by atoms with Crippen LogP contribution < -0.4 is 9.47 Å². The van der Waals surface area contributed by atoms with E-state index in [2.05, 4.69) is 24.9 Å². The third-order valence-electron chi connectivity index (χ3n) is 6.15. The van der Waals surface area contributed by atoms with E-state index in [-0.39, 0.29) is 11.6 Å². The molecule has 7 heteroatoms. The summed E-state index contributed by atoms with van der Waals surface area (Å²) >= 11 is 12.4. The van der Waals surface area contributed by atoms with Crippen LogP contribution in [0.15, 0.2) is 41.5 Å². The molecule has 0 saturated carbocycles. The molecule has 0 bridgehead atoms. The summed E-state index contributed by atoms with van der Waals surface area (Å²) in [5, 5.41) is 8.29. The lowest BCUT2D eigenvalue weighted by Gasteiger charge is -2.52. The molecule has 3 aliphatic rings. The average molecular weight is 447 g/mol. The van der Waals surface area contributed by atoms with E-state index in [0.717, 1.165) is 41.2 Å². The smallest absolute Gasteiger partial charge is 0.203 e. The quantitative estimate of drug-likeness (QED) is 0.581. The predicted molar refractivity (Wildman–Crippen MR) is 118 cm³/mol. The van der Waals surface area contributed by atoms with E-state index in [1.165, 1.54) is 0 Å². The van der Waals surface area contributed by atoms with Crippen molar-refractivity contribution in [1.29, 1.82) is 0 Å². The third kappa shape index (κ3) is 3.15. The lowest BCUT2D eigenvalue weighted by atomic mass is 9.86. The maximum atomic E-state index is 6.73. The Labute approximate surface area is 186 Å². The van der Waals surface area contributed by atoms with Crippen LogP contribution in [0, 0.1) is 0 Å².